The highest BCUT2D eigenvalue weighted by Gasteiger charge is 2.13. The Morgan fingerprint density at radius 2 is 1.83 bits per heavy atom. The van der Waals surface area contributed by atoms with Crippen LogP contribution in [0.25, 0.3) is 0 Å². The van der Waals surface area contributed by atoms with Crippen LogP contribution in [0, 0.1) is 0 Å². The summed E-state index contributed by atoms with van der Waals surface area (Å²) in [6, 6.07) is 7.04. The first kappa shape index (κ1) is 14.9. The number of rotatable bonds is 6. The van der Waals surface area contributed by atoms with E-state index in [1.807, 2.05) is 11.8 Å². The second-order valence-electron chi connectivity index (χ2n) is 4.22. The molecular weight excluding hydrogens is 246 g/mol. The van der Waals surface area contributed by atoms with Gasteiger partial charge in [0, 0.05) is 40.6 Å². The zero-order chi connectivity index (χ0) is 13.5. The molecule has 1 unspecified atom stereocenters. The Labute approximate surface area is 112 Å². The number of nitrogens with zero attached hydrogens (tertiary/aromatic N) is 1. The summed E-state index contributed by atoms with van der Waals surface area (Å²) in [6.45, 7) is 5.63. The summed E-state index contributed by atoms with van der Waals surface area (Å²) in [5.41, 5.74) is 0.669. The molecule has 1 aromatic rings. The van der Waals surface area contributed by atoms with Crippen LogP contribution in [-0.2, 0) is 10.8 Å². The summed E-state index contributed by atoms with van der Waals surface area (Å²) >= 11 is 0. The molecule has 18 heavy (non-hydrogen) atoms. The van der Waals surface area contributed by atoms with Crippen LogP contribution in [0.4, 0.5) is 0 Å². The fraction of sp³-hybridized carbons (Fsp3) is 0.500. The van der Waals surface area contributed by atoms with Crippen molar-refractivity contribution < 1.29 is 9.00 Å². The number of carbonyl (C=O) groups is 1. The number of benzene rings is 1. The smallest absolute Gasteiger partial charge is 0.253 e. The van der Waals surface area contributed by atoms with Crippen LogP contribution in [0.1, 0.15) is 37.0 Å². The van der Waals surface area contributed by atoms with Gasteiger partial charge in [0.1, 0.15) is 0 Å². The van der Waals surface area contributed by atoms with Crippen molar-refractivity contribution >= 4 is 16.7 Å². The molecule has 0 radical (unpaired) electrons. The van der Waals surface area contributed by atoms with Gasteiger partial charge < -0.3 is 4.90 Å². The van der Waals surface area contributed by atoms with Crippen LogP contribution in [-0.4, -0.2) is 34.4 Å². The topological polar surface area (TPSA) is 37.4 Å². The number of amides is 1. The van der Waals surface area contributed by atoms with Gasteiger partial charge in [-0.05, 0) is 37.6 Å². The first-order valence-corrected chi connectivity index (χ1v) is 7.88. The predicted molar refractivity (Wildman–Crippen MR) is 75.3 cm³/mol. The Kier molecular flexibility index (Phi) is 6.05. The maximum atomic E-state index is 12.2. The molecular formula is C14H21NO2S. The third kappa shape index (κ3) is 3.95. The molecule has 3 nitrogen and oxygen atoms in total. The molecule has 1 amide bonds. The van der Waals surface area contributed by atoms with Gasteiger partial charge in [-0.1, -0.05) is 13.3 Å². The molecule has 0 aliphatic rings. The van der Waals surface area contributed by atoms with Gasteiger partial charge in [-0.2, -0.15) is 0 Å². The van der Waals surface area contributed by atoms with Crippen LogP contribution in [0.3, 0.4) is 0 Å². The first-order valence-electron chi connectivity index (χ1n) is 6.32. The number of carbonyl (C=O) groups excluding carboxylic acids is 1. The second-order valence-corrected chi connectivity index (χ2v) is 5.60. The molecule has 1 rings (SSSR count). The predicted octanol–water partition coefficient (Wildman–Crippen LogP) is 2.69. The maximum absolute atomic E-state index is 12.2. The lowest BCUT2D eigenvalue weighted by molar-refractivity contribution is 0.0762. The second kappa shape index (κ2) is 7.31. The molecule has 4 heteroatoms. The van der Waals surface area contributed by atoms with Crippen molar-refractivity contribution in [3.8, 4) is 0 Å². The first-order chi connectivity index (χ1) is 8.60. The highest BCUT2D eigenvalue weighted by Crippen LogP contribution is 2.10. The molecule has 1 aromatic carbocycles. The molecule has 0 fully saturated rings. The van der Waals surface area contributed by atoms with Crippen molar-refractivity contribution in [2.75, 3.05) is 19.3 Å². The maximum Gasteiger partial charge on any atom is 0.253 e. The number of hydrogen-bond donors (Lipinski definition) is 0. The zero-order valence-corrected chi connectivity index (χ0v) is 12.1. The minimum atomic E-state index is -0.993. The molecule has 0 saturated carbocycles. The summed E-state index contributed by atoms with van der Waals surface area (Å²) in [4.78, 5) is 14.8. The van der Waals surface area contributed by atoms with E-state index >= 15 is 0 Å². The molecule has 1 atom stereocenters. The van der Waals surface area contributed by atoms with Crippen LogP contribution < -0.4 is 0 Å². The summed E-state index contributed by atoms with van der Waals surface area (Å²) < 4.78 is 11.3. The Bertz CT molecular complexity index is 414. The Hall–Kier alpha value is -1.16. The minimum absolute atomic E-state index is 0.0550. The van der Waals surface area contributed by atoms with Crippen molar-refractivity contribution in [2.24, 2.45) is 0 Å². The molecule has 100 valence electrons. The summed E-state index contributed by atoms with van der Waals surface area (Å²) in [6.07, 6.45) is 3.74. The van der Waals surface area contributed by atoms with E-state index in [1.165, 1.54) is 0 Å². The summed E-state index contributed by atoms with van der Waals surface area (Å²) in [5.74, 6) is 0.0550. The fourth-order valence-electron chi connectivity index (χ4n) is 1.72. The lowest BCUT2D eigenvalue weighted by Gasteiger charge is -2.20. The number of unbranched alkanes of at least 4 members (excludes halogenated alkanes) is 1. The van der Waals surface area contributed by atoms with Crippen molar-refractivity contribution in [2.45, 2.75) is 31.6 Å². The molecule has 0 N–H and O–H groups in total. The van der Waals surface area contributed by atoms with Crippen LogP contribution in [0.2, 0.25) is 0 Å². The van der Waals surface area contributed by atoms with Gasteiger partial charge in [0.05, 0.1) is 0 Å². The van der Waals surface area contributed by atoms with Gasteiger partial charge in [0.2, 0.25) is 0 Å². The Balaban J connectivity index is 2.78. The van der Waals surface area contributed by atoms with Gasteiger partial charge in [0.15, 0.2) is 0 Å². The highest BCUT2D eigenvalue weighted by atomic mass is 32.2. The van der Waals surface area contributed by atoms with E-state index in [1.54, 1.807) is 30.5 Å². The largest absolute Gasteiger partial charge is 0.339 e. The average Bonchev–Trinajstić information content (AvgIpc) is 2.39. The molecule has 0 bridgehead atoms. The van der Waals surface area contributed by atoms with E-state index in [4.69, 9.17) is 0 Å². The normalized spacial score (nSPS) is 12.2. The van der Waals surface area contributed by atoms with Crippen molar-refractivity contribution in [3.05, 3.63) is 29.8 Å². The highest BCUT2D eigenvalue weighted by molar-refractivity contribution is 7.84. The average molecular weight is 267 g/mol. The van der Waals surface area contributed by atoms with Gasteiger partial charge in [0.25, 0.3) is 5.91 Å². The lowest BCUT2D eigenvalue weighted by Crippen LogP contribution is -2.31. The van der Waals surface area contributed by atoms with E-state index in [0.717, 1.165) is 30.8 Å². The van der Waals surface area contributed by atoms with E-state index in [9.17, 15) is 9.00 Å². The van der Waals surface area contributed by atoms with Gasteiger partial charge in [-0.25, -0.2) is 0 Å². The molecule has 0 aliphatic heterocycles. The Morgan fingerprint density at radius 1 is 1.22 bits per heavy atom. The molecule has 0 aromatic heterocycles. The molecule has 0 heterocycles. The van der Waals surface area contributed by atoms with Gasteiger partial charge in [-0.3, -0.25) is 9.00 Å². The van der Waals surface area contributed by atoms with E-state index in [0.29, 0.717) is 5.56 Å². The zero-order valence-electron chi connectivity index (χ0n) is 11.3. The van der Waals surface area contributed by atoms with Gasteiger partial charge >= 0.3 is 0 Å². The minimum Gasteiger partial charge on any atom is -0.339 e. The van der Waals surface area contributed by atoms with E-state index < -0.39 is 10.8 Å². The summed E-state index contributed by atoms with van der Waals surface area (Å²) in [5, 5.41) is 0. The van der Waals surface area contributed by atoms with E-state index in [2.05, 4.69) is 6.92 Å². The molecule has 0 aliphatic carbocycles. The monoisotopic (exact) mass is 267 g/mol. The van der Waals surface area contributed by atoms with Crippen LogP contribution in [0.15, 0.2) is 29.2 Å². The fourth-order valence-corrected chi connectivity index (χ4v) is 2.24. The van der Waals surface area contributed by atoms with Crippen molar-refractivity contribution in [3.63, 3.8) is 0 Å². The number of hydrogen-bond acceptors (Lipinski definition) is 2. The third-order valence-electron chi connectivity index (χ3n) is 2.88. The summed E-state index contributed by atoms with van der Waals surface area (Å²) in [7, 11) is -0.993. The van der Waals surface area contributed by atoms with E-state index in [-0.39, 0.29) is 5.91 Å². The van der Waals surface area contributed by atoms with Crippen LogP contribution in [0.5, 0.6) is 0 Å². The van der Waals surface area contributed by atoms with Crippen LogP contribution >= 0.6 is 0 Å². The SMILES string of the molecule is CCCCN(CC)C(=O)c1ccc(S(C)=O)cc1. The van der Waals surface area contributed by atoms with Crippen molar-refractivity contribution in [1.82, 2.24) is 4.90 Å². The standard InChI is InChI=1S/C14H21NO2S/c1-4-6-11-15(5-2)14(16)12-7-9-13(10-8-12)18(3)17/h7-10H,4-6,11H2,1-3H3. The molecule has 0 saturated heterocycles. The van der Waals surface area contributed by atoms with Gasteiger partial charge in [-0.15, -0.1) is 0 Å². The molecule has 0 spiro atoms. The Morgan fingerprint density at radius 3 is 2.28 bits per heavy atom. The lowest BCUT2D eigenvalue weighted by atomic mass is 10.2. The quantitative estimate of drug-likeness (QED) is 0.794. The van der Waals surface area contributed by atoms with Crippen molar-refractivity contribution in [1.29, 1.82) is 0 Å². The third-order valence-corrected chi connectivity index (χ3v) is 3.82.